The zero-order chi connectivity index (χ0) is 16.7. The van der Waals surface area contributed by atoms with Gasteiger partial charge in [-0.25, -0.2) is 14.5 Å². The molecule has 0 saturated carbocycles. The second-order valence-electron chi connectivity index (χ2n) is 6.05. The molecule has 2 aromatic rings. The van der Waals surface area contributed by atoms with E-state index in [0.717, 1.165) is 5.39 Å². The molecule has 0 aliphatic heterocycles. The number of rotatable bonds is 4. The average molecular weight is 304 g/mol. The van der Waals surface area contributed by atoms with Crippen molar-refractivity contribution in [3.63, 3.8) is 0 Å². The third kappa shape index (κ3) is 2.54. The first-order chi connectivity index (χ1) is 10.2. The number of aliphatic carboxylic acids is 1. The summed E-state index contributed by atoms with van der Waals surface area (Å²) in [6.45, 7) is 6.96. The highest BCUT2D eigenvalue weighted by atomic mass is 16.4. The maximum atomic E-state index is 12.5. The monoisotopic (exact) mass is 304 g/mol. The van der Waals surface area contributed by atoms with E-state index in [1.165, 1.54) is 32.0 Å². The lowest BCUT2D eigenvalue weighted by atomic mass is 10.0. The van der Waals surface area contributed by atoms with E-state index in [4.69, 9.17) is 0 Å². The number of hydrogen-bond donors (Lipinski definition) is 1. The van der Waals surface area contributed by atoms with E-state index in [9.17, 15) is 14.7 Å². The Kier molecular flexibility index (Phi) is 3.91. The third-order valence-electron chi connectivity index (χ3n) is 3.84. The van der Waals surface area contributed by atoms with Crippen molar-refractivity contribution in [2.75, 3.05) is 7.05 Å². The molecule has 0 unspecified atom stereocenters. The number of carboxylic acids is 1. The highest BCUT2D eigenvalue weighted by Gasteiger charge is 2.35. The number of nitrogens with zero attached hydrogens (tertiary/aromatic N) is 4. The molecule has 1 amide bonds. The van der Waals surface area contributed by atoms with Gasteiger partial charge >= 0.3 is 5.97 Å². The van der Waals surface area contributed by atoms with Crippen LogP contribution in [0.3, 0.4) is 0 Å². The minimum absolute atomic E-state index is 0.167. The van der Waals surface area contributed by atoms with Gasteiger partial charge in [0.25, 0.3) is 5.91 Å². The smallest absolute Gasteiger partial charge is 0.329 e. The molecule has 0 radical (unpaired) electrons. The summed E-state index contributed by atoms with van der Waals surface area (Å²) >= 11 is 0. The van der Waals surface area contributed by atoms with Crippen LogP contribution in [0.2, 0.25) is 0 Å². The summed E-state index contributed by atoms with van der Waals surface area (Å²) in [5, 5.41) is 14.2. The first-order valence-electron chi connectivity index (χ1n) is 7.01. The van der Waals surface area contributed by atoms with Gasteiger partial charge in [-0.1, -0.05) is 0 Å². The number of aromatic nitrogens is 3. The van der Waals surface area contributed by atoms with E-state index < -0.39 is 11.5 Å². The molecule has 0 fully saturated rings. The van der Waals surface area contributed by atoms with E-state index in [1.54, 1.807) is 16.9 Å². The van der Waals surface area contributed by atoms with Gasteiger partial charge < -0.3 is 10.0 Å². The fourth-order valence-electron chi connectivity index (χ4n) is 2.03. The van der Waals surface area contributed by atoms with Crippen molar-refractivity contribution < 1.29 is 14.7 Å². The first kappa shape index (κ1) is 15.9. The van der Waals surface area contributed by atoms with Crippen molar-refractivity contribution in [1.29, 1.82) is 0 Å². The largest absolute Gasteiger partial charge is 0.480 e. The summed E-state index contributed by atoms with van der Waals surface area (Å²) in [6, 6.07) is 1.85. The second-order valence-corrected chi connectivity index (χ2v) is 6.05. The van der Waals surface area contributed by atoms with Crippen LogP contribution in [0.4, 0.5) is 0 Å². The van der Waals surface area contributed by atoms with E-state index in [-0.39, 0.29) is 11.9 Å². The molecular formula is C15H20N4O3. The van der Waals surface area contributed by atoms with Gasteiger partial charge in [0.2, 0.25) is 0 Å². The van der Waals surface area contributed by atoms with Gasteiger partial charge in [-0.3, -0.25) is 4.79 Å². The van der Waals surface area contributed by atoms with E-state index in [0.29, 0.717) is 11.2 Å². The summed E-state index contributed by atoms with van der Waals surface area (Å²) in [4.78, 5) is 29.2. The van der Waals surface area contributed by atoms with Crippen LogP contribution in [-0.2, 0) is 4.79 Å². The molecule has 0 spiro atoms. The molecule has 1 N–H and O–H groups in total. The fraction of sp³-hybridized carbons (Fsp3) is 0.467. The number of carboxylic acid groups (broad SMARTS) is 1. The van der Waals surface area contributed by atoms with Gasteiger partial charge in [0.05, 0.1) is 11.8 Å². The van der Waals surface area contributed by atoms with Gasteiger partial charge in [0.1, 0.15) is 5.54 Å². The minimum atomic E-state index is -1.30. The van der Waals surface area contributed by atoms with Crippen molar-refractivity contribution in [3.05, 3.63) is 24.0 Å². The molecule has 0 atom stereocenters. The summed E-state index contributed by atoms with van der Waals surface area (Å²) in [7, 11) is 1.47. The lowest BCUT2D eigenvalue weighted by Crippen LogP contribution is -2.50. The molecule has 2 aromatic heterocycles. The molecule has 7 nitrogen and oxygen atoms in total. The summed E-state index contributed by atoms with van der Waals surface area (Å²) < 4.78 is 1.77. The zero-order valence-electron chi connectivity index (χ0n) is 13.4. The number of carbonyl (C=O) groups excluding carboxylic acids is 1. The predicted octanol–water partition coefficient (Wildman–Crippen LogP) is 1.95. The van der Waals surface area contributed by atoms with Crippen molar-refractivity contribution in [1.82, 2.24) is 19.7 Å². The SMILES string of the molecule is CC(C)n1ncc2cc(C(=O)N(C)C(C)(C)C(=O)O)cnc21. The van der Waals surface area contributed by atoms with Crippen LogP contribution >= 0.6 is 0 Å². The Morgan fingerprint density at radius 1 is 1.32 bits per heavy atom. The summed E-state index contributed by atoms with van der Waals surface area (Å²) in [6.07, 6.45) is 3.11. The number of amides is 1. The van der Waals surface area contributed by atoms with Gasteiger partial charge in [-0.05, 0) is 33.8 Å². The Morgan fingerprint density at radius 3 is 2.50 bits per heavy atom. The summed E-state index contributed by atoms with van der Waals surface area (Å²) in [5.74, 6) is -1.45. The first-order valence-corrected chi connectivity index (χ1v) is 7.01. The van der Waals surface area contributed by atoms with Crippen LogP contribution in [0.25, 0.3) is 11.0 Å². The van der Waals surface area contributed by atoms with Crippen molar-refractivity contribution >= 4 is 22.9 Å². The van der Waals surface area contributed by atoms with Gasteiger partial charge in [0, 0.05) is 24.7 Å². The molecule has 0 saturated heterocycles. The van der Waals surface area contributed by atoms with Gasteiger partial charge in [-0.15, -0.1) is 0 Å². The average Bonchev–Trinajstić information content (AvgIpc) is 2.88. The van der Waals surface area contributed by atoms with Crippen LogP contribution in [0.1, 0.15) is 44.1 Å². The molecular weight excluding hydrogens is 284 g/mol. The third-order valence-corrected chi connectivity index (χ3v) is 3.84. The molecule has 0 aliphatic rings. The topological polar surface area (TPSA) is 88.3 Å². The molecule has 7 heteroatoms. The number of carbonyl (C=O) groups is 2. The van der Waals surface area contributed by atoms with Crippen LogP contribution in [0.5, 0.6) is 0 Å². The van der Waals surface area contributed by atoms with E-state index in [2.05, 4.69) is 10.1 Å². The highest BCUT2D eigenvalue weighted by Crippen LogP contribution is 2.20. The van der Waals surface area contributed by atoms with Crippen LogP contribution < -0.4 is 0 Å². The molecule has 118 valence electrons. The number of pyridine rings is 1. The Morgan fingerprint density at radius 2 is 1.95 bits per heavy atom. The second kappa shape index (κ2) is 5.40. The Balaban J connectivity index is 2.39. The minimum Gasteiger partial charge on any atom is -0.480 e. The van der Waals surface area contributed by atoms with Crippen molar-refractivity contribution in [2.24, 2.45) is 0 Å². The standard InChI is InChI=1S/C15H20N4O3/c1-9(2)19-12-10(8-17-19)6-11(7-16-12)13(20)18(5)15(3,4)14(21)22/h6-9H,1-5H3,(H,21,22). The normalized spacial score (nSPS) is 11.9. The lowest BCUT2D eigenvalue weighted by molar-refractivity contribution is -0.147. The summed E-state index contributed by atoms with van der Waals surface area (Å²) in [5.41, 5.74) is -0.256. The van der Waals surface area contributed by atoms with E-state index >= 15 is 0 Å². The zero-order valence-corrected chi connectivity index (χ0v) is 13.4. The van der Waals surface area contributed by atoms with Crippen molar-refractivity contribution in [3.8, 4) is 0 Å². The molecule has 2 heterocycles. The quantitative estimate of drug-likeness (QED) is 0.932. The molecule has 0 bridgehead atoms. The van der Waals surface area contributed by atoms with Crippen LogP contribution in [-0.4, -0.2) is 49.2 Å². The highest BCUT2D eigenvalue weighted by molar-refractivity contribution is 5.99. The molecule has 0 aliphatic carbocycles. The number of likely N-dealkylation sites (N-methyl/N-ethyl adjacent to an activating group) is 1. The predicted molar refractivity (Wildman–Crippen MR) is 81.7 cm³/mol. The molecule has 2 rings (SSSR count). The van der Waals surface area contributed by atoms with Crippen LogP contribution in [0, 0.1) is 0 Å². The van der Waals surface area contributed by atoms with Crippen molar-refractivity contribution in [2.45, 2.75) is 39.3 Å². The maximum Gasteiger partial charge on any atom is 0.329 e. The van der Waals surface area contributed by atoms with Crippen LogP contribution in [0.15, 0.2) is 18.5 Å². The Labute approximate surface area is 128 Å². The number of fused-ring (bicyclic) bond motifs is 1. The van der Waals surface area contributed by atoms with Gasteiger partial charge in [0.15, 0.2) is 5.65 Å². The molecule has 22 heavy (non-hydrogen) atoms. The Bertz CT molecular complexity index is 733. The Hall–Kier alpha value is -2.44. The number of hydrogen-bond acceptors (Lipinski definition) is 4. The fourth-order valence-corrected chi connectivity index (χ4v) is 2.03. The molecule has 0 aromatic carbocycles. The maximum absolute atomic E-state index is 12.5. The van der Waals surface area contributed by atoms with E-state index in [1.807, 2.05) is 13.8 Å². The van der Waals surface area contributed by atoms with Gasteiger partial charge in [-0.2, -0.15) is 5.10 Å². The lowest BCUT2D eigenvalue weighted by Gasteiger charge is -2.31.